The molecule has 1 fully saturated rings. The molecular formula is C15H26N4O2S. The Bertz CT molecular complexity index is 480. The van der Waals surface area contributed by atoms with Gasteiger partial charge in [-0.25, -0.2) is 4.79 Å². The topological polar surface area (TPSA) is 59.4 Å². The van der Waals surface area contributed by atoms with E-state index in [0.29, 0.717) is 17.7 Å². The van der Waals surface area contributed by atoms with Crippen molar-refractivity contribution >= 4 is 23.6 Å². The van der Waals surface area contributed by atoms with Gasteiger partial charge in [-0.15, -0.1) is 0 Å². The summed E-state index contributed by atoms with van der Waals surface area (Å²) in [6.45, 7) is 4.26. The van der Waals surface area contributed by atoms with Crippen LogP contribution in [0.15, 0.2) is 12.3 Å². The second-order valence-corrected chi connectivity index (χ2v) is 6.85. The van der Waals surface area contributed by atoms with Gasteiger partial charge in [-0.05, 0) is 26.0 Å². The summed E-state index contributed by atoms with van der Waals surface area (Å²) in [5.74, 6) is 0.595. The van der Waals surface area contributed by atoms with Crippen LogP contribution in [0, 0.1) is 0 Å². The summed E-state index contributed by atoms with van der Waals surface area (Å²) in [6.07, 6.45) is 7.44. The second kappa shape index (κ2) is 8.43. The first-order valence-electron chi connectivity index (χ1n) is 7.77. The summed E-state index contributed by atoms with van der Waals surface area (Å²) < 4.78 is 6.93. The lowest BCUT2D eigenvalue weighted by Crippen LogP contribution is -2.38. The minimum absolute atomic E-state index is 0.0504. The number of likely N-dealkylation sites (tertiary alicyclic amines) is 1. The highest BCUT2D eigenvalue weighted by molar-refractivity contribution is 7.99. The molecule has 0 unspecified atom stereocenters. The normalized spacial score (nSPS) is 20.5. The molecule has 7 heteroatoms. The number of urea groups is 1. The Morgan fingerprint density at radius 1 is 1.59 bits per heavy atom. The third-order valence-corrected chi connectivity index (χ3v) is 5.00. The zero-order valence-electron chi connectivity index (χ0n) is 13.6. The molecular weight excluding hydrogens is 300 g/mol. The fraction of sp³-hybridized carbons (Fsp3) is 0.733. The molecule has 2 amide bonds. The Hall–Kier alpha value is -1.21. The summed E-state index contributed by atoms with van der Waals surface area (Å²) >= 11 is 1.84. The van der Waals surface area contributed by atoms with Crippen molar-refractivity contribution in [2.45, 2.75) is 37.5 Å². The number of amides is 2. The van der Waals surface area contributed by atoms with Crippen molar-refractivity contribution in [2.24, 2.45) is 0 Å². The third-order valence-electron chi connectivity index (χ3n) is 3.95. The molecule has 22 heavy (non-hydrogen) atoms. The molecule has 0 aromatic carbocycles. The van der Waals surface area contributed by atoms with Crippen LogP contribution in [0.2, 0.25) is 0 Å². The van der Waals surface area contributed by atoms with Crippen LogP contribution in [0.5, 0.6) is 0 Å². The van der Waals surface area contributed by atoms with E-state index in [0.717, 1.165) is 19.5 Å². The van der Waals surface area contributed by atoms with Gasteiger partial charge in [-0.1, -0.05) is 6.42 Å². The fourth-order valence-corrected chi connectivity index (χ4v) is 3.37. The zero-order chi connectivity index (χ0) is 15.9. The summed E-state index contributed by atoms with van der Waals surface area (Å²) in [5, 5.41) is 7.84. The summed E-state index contributed by atoms with van der Waals surface area (Å²) in [7, 11) is 1.67. The van der Waals surface area contributed by atoms with Crippen LogP contribution >= 0.6 is 11.8 Å². The van der Waals surface area contributed by atoms with Crippen molar-refractivity contribution in [3.63, 3.8) is 0 Å². The Kier molecular flexibility index (Phi) is 6.57. The van der Waals surface area contributed by atoms with E-state index in [4.69, 9.17) is 4.74 Å². The van der Waals surface area contributed by atoms with E-state index in [9.17, 15) is 4.79 Å². The molecule has 6 nitrogen and oxygen atoms in total. The summed E-state index contributed by atoms with van der Waals surface area (Å²) in [5.41, 5.74) is 0. The van der Waals surface area contributed by atoms with E-state index >= 15 is 0 Å². The zero-order valence-corrected chi connectivity index (χ0v) is 14.4. The first-order valence-corrected chi connectivity index (χ1v) is 9.05. The second-order valence-electron chi connectivity index (χ2n) is 5.72. The molecule has 2 rings (SSSR count). The number of ether oxygens (including phenoxy) is 1. The maximum atomic E-state index is 12.4. The van der Waals surface area contributed by atoms with Crippen molar-refractivity contribution in [2.75, 3.05) is 38.4 Å². The van der Waals surface area contributed by atoms with Gasteiger partial charge in [0.2, 0.25) is 0 Å². The molecule has 1 aromatic rings. The van der Waals surface area contributed by atoms with Gasteiger partial charge < -0.3 is 9.64 Å². The number of nitrogens with zero attached hydrogens (tertiary/aromatic N) is 3. The van der Waals surface area contributed by atoms with Gasteiger partial charge in [0.15, 0.2) is 5.82 Å². The van der Waals surface area contributed by atoms with Crippen LogP contribution in [-0.4, -0.2) is 59.0 Å². The Morgan fingerprint density at radius 3 is 3.14 bits per heavy atom. The van der Waals surface area contributed by atoms with Crippen LogP contribution in [0.25, 0.3) is 0 Å². The van der Waals surface area contributed by atoms with E-state index in [1.165, 1.54) is 12.8 Å². The van der Waals surface area contributed by atoms with Crippen LogP contribution < -0.4 is 5.32 Å². The predicted molar refractivity (Wildman–Crippen MR) is 90.6 cm³/mol. The lowest BCUT2D eigenvalue weighted by Gasteiger charge is -2.23. The molecule has 0 radical (unpaired) electrons. The Morgan fingerprint density at radius 2 is 2.41 bits per heavy atom. The number of carbonyl (C=O) groups is 1. The fourth-order valence-electron chi connectivity index (χ4n) is 2.64. The Balaban J connectivity index is 1.93. The van der Waals surface area contributed by atoms with Crippen molar-refractivity contribution in [1.29, 1.82) is 0 Å². The number of nitrogens with one attached hydrogen (secondary N) is 1. The molecule has 1 aromatic heterocycles. The minimum Gasteiger partial charge on any atom is -0.382 e. The third kappa shape index (κ3) is 4.64. The highest BCUT2D eigenvalue weighted by Crippen LogP contribution is 2.20. The summed E-state index contributed by atoms with van der Waals surface area (Å²) in [6, 6.07) is 1.92. The summed E-state index contributed by atoms with van der Waals surface area (Å²) in [4.78, 5) is 14.3. The van der Waals surface area contributed by atoms with E-state index in [-0.39, 0.29) is 12.1 Å². The molecule has 1 aliphatic rings. The van der Waals surface area contributed by atoms with Gasteiger partial charge >= 0.3 is 6.03 Å². The lowest BCUT2D eigenvalue weighted by atomic mass is 10.2. The van der Waals surface area contributed by atoms with E-state index in [2.05, 4.69) is 16.7 Å². The van der Waals surface area contributed by atoms with E-state index in [1.54, 1.807) is 7.11 Å². The first-order chi connectivity index (χ1) is 10.6. The number of methoxy groups -OCH3 is 1. The van der Waals surface area contributed by atoms with Crippen LogP contribution in [0.1, 0.15) is 32.2 Å². The van der Waals surface area contributed by atoms with E-state index < -0.39 is 0 Å². The molecule has 2 heterocycles. The number of aromatic nitrogens is 2. The molecule has 0 spiro atoms. The maximum Gasteiger partial charge on any atom is 0.323 e. The smallest absolute Gasteiger partial charge is 0.323 e. The highest BCUT2D eigenvalue weighted by atomic mass is 32.2. The van der Waals surface area contributed by atoms with E-state index in [1.807, 2.05) is 40.5 Å². The molecule has 0 aliphatic carbocycles. The van der Waals surface area contributed by atoms with Gasteiger partial charge in [-0.3, -0.25) is 10.00 Å². The quantitative estimate of drug-likeness (QED) is 0.904. The monoisotopic (exact) mass is 326 g/mol. The number of rotatable bonds is 5. The molecule has 1 N–H and O–H groups in total. The molecule has 1 aliphatic heterocycles. The number of thioether (sulfide) groups is 1. The lowest BCUT2D eigenvalue weighted by molar-refractivity contribution is 0.157. The molecule has 2 atom stereocenters. The Labute approximate surface area is 136 Å². The number of anilines is 1. The predicted octanol–water partition coefficient (Wildman–Crippen LogP) is 2.84. The number of hydrogen-bond acceptors (Lipinski definition) is 4. The van der Waals surface area contributed by atoms with Gasteiger partial charge in [0.05, 0.1) is 12.6 Å². The number of hydrogen-bond donors (Lipinski definition) is 1. The van der Waals surface area contributed by atoms with Crippen molar-refractivity contribution in [3.8, 4) is 0 Å². The van der Waals surface area contributed by atoms with Crippen molar-refractivity contribution in [1.82, 2.24) is 14.7 Å². The van der Waals surface area contributed by atoms with Gasteiger partial charge in [0.25, 0.3) is 0 Å². The van der Waals surface area contributed by atoms with Crippen LogP contribution in [0.3, 0.4) is 0 Å². The van der Waals surface area contributed by atoms with Crippen molar-refractivity contribution < 1.29 is 9.53 Å². The van der Waals surface area contributed by atoms with Gasteiger partial charge in [-0.2, -0.15) is 16.9 Å². The SMILES string of the molecule is COC[C@@H](C)n1ccc(NC(=O)N2CCCC[C@@H](SC)C2)n1. The molecule has 0 bridgehead atoms. The van der Waals surface area contributed by atoms with Gasteiger partial charge in [0, 0.05) is 37.7 Å². The average molecular weight is 326 g/mol. The maximum absolute atomic E-state index is 12.4. The first kappa shape index (κ1) is 17.1. The van der Waals surface area contributed by atoms with Crippen molar-refractivity contribution in [3.05, 3.63) is 12.3 Å². The molecule has 124 valence electrons. The van der Waals surface area contributed by atoms with Crippen LogP contribution in [-0.2, 0) is 4.74 Å². The number of carbonyl (C=O) groups excluding carboxylic acids is 1. The largest absolute Gasteiger partial charge is 0.382 e. The molecule has 0 saturated carbocycles. The molecule has 1 saturated heterocycles. The minimum atomic E-state index is -0.0504. The standard InChI is InChI=1S/C15H26N4O2S/c1-12(11-21-2)19-9-7-14(17-19)16-15(20)18-8-5-4-6-13(10-18)22-3/h7,9,12-13H,4-6,8,10-11H2,1-3H3,(H,16,17,20)/t12-,13-/m1/s1. The average Bonchev–Trinajstić information content (AvgIpc) is 2.83. The highest BCUT2D eigenvalue weighted by Gasteiger charge is 2.22. The van der Waals surface area contributed by atoms with Gasteiger partial charge in [0.1, 0.15) is 0 Å². The van der Waals surface area contributed by atoms with Crippen LogP contribution in [0.4, 0.5) is 10.6 Å².